The van der Waals surface area contributed by atoms with Crippen molar-refractivity contribution in [3.05, 3.63) is 83.9 Å². The molecule has 0 aliphatic heterocycles. The summed E-state index contributed by atoms with van der Waals surface area (Å²) in [5.74, 6) is -26.4. The number of aliphatic carboxylic acids is 4. The van der Waals surface area contributed by atoms with E-state index in [-0.39, 0.29) is 75.1 Å². The van der Waals surface area contributed by atoms with Gasteiger partial charge in [0.15, 0.2) is 11.9 Å². The largest absolute Gasteiger partial charge is 0.508 e. The van der Waals surface area contributed by atoms with E-state index < -0.39 is 297 Å². The molecule has 0 aliphatic rings. The van der Waals surface area contributed by atoms with Crippen LogP contribution in [0.2, 0.25) is 0 Å². The van der Waals surface area contributed by atoms with Crippen molar-refractivity contribution in [1.29, 1.82) is 10.8 Å². The summed E-state index contributed by atoms with van der Waals surface area (Å²) >= 11 is 5.33. The second-order valence-electron chi connectivity index (χ2n) is 31.0. The molecule has 0 unspecified atom stereocenters. The standard InChI is InChI=1S/C80H122N24O26S2/c1-6-40(4)63(78(129)130)104-77(128)58(37-131)103-66(117)47(15-11-26-89-80(85)86)93-73(124)54(32-59(82)108)99-68(119)49(21-23-61(111)112)94-70(121)51(28-39(2)3)96-74(125)55(33-62(113)114)100-76(127)57(36-106)102-72(123)52(29-41-12-8-7-9-13-41)97-69(120)50(24-27-132-5)95-71(122)53(30-42-16-18-44(107)19-17-42)98-75(126)56(35-105)101-65(116)46(14-10-25-88-79(83)84)92-67(118)48(20-22-60(109)110)91-64(115)45(81)31-43-34-87-38-90-43/h7-9,12-13,16-19,34,38-40,45-58,63,105-107,131H,6,10-11,14-15,20-33,35-37,81H2,1-5H3,(H2,82,108)(H,87,90)(H,91,115)(H,92,118)(H,93,124)(H,94,121)(H,95,122)(H,96,125)(H,97,120)(H,98,126)(H,99,119)(H,100,127)(H,101,116)(H,102,123)(H,103,117)(H,104,128)(H,109,110)(H,111,112)(H,113,114)(H,129,130)(H4,83,84,88)(H4,85,86,89)/t40-,45-,46-,47-,48-,49-,50-,51-,52-,53-,54-,55-,56-,57-,58-,63-/m0/s1. The Morgan fingerprint density at radius 2 is 0.811 bits per heavy atom. The van der Waals surface area contributed by atoms with Crippen LogP contribution in [0.1, 0.15) is 128 Å². The second-order valence-corrected chi connectivity index (χ2v) is 32.4. The number of aromatic nitrogens is 2. The van der Waals surface area contributed by atoms with Crippen LogP contribution in [0.15, 0.2) is 67.1 Å². The molecule has 0 saturated carbocycles. The number of carbonyl (C=O) groups is 19. The van der Waals surface area contributed by atoms with Gasteiger partial charge in [-0.15, -0.1) is 0 Å². The number of thiol groups is 1. The van der Waals surface area contributed by atoms with Gasteiger partial charge >= 0.3 is 23.9 Å². The van der Waals surface area contributed by atoms with Gasteiger partial charge in [-0.1, -0.05) is 76.6 Å². The molecule has 3 rings (SSSR count). The van der Waals surface area contributed by atoms with Crippen molar-refractivity contribution in [1.82, 2.24) is 95.0 Å². The number of imidazole rings is 1. The van der Waals surface area contributed by atoms with Gasteiger partial charge in [0.05, 0.1) is 38.4 Å². The van der Waals surface area contributed by atoms with Crippen LogP contribution >= 0.6 is 24.4 Å². The number of nitrogens with zero attached hydrogens (tertiary/aromatic N) is 1. The smallest absolute Gasteiger partial charge is 0.326 e. The fourth-order valence-corrected chi connectivity index (χ4v) is 13.3. The number of hydrogen-bond donors (Lipinski definition) is 31. The average Bonchev–Trinajstić information content (AvgIpc) is 1.41. The summed E-state index contributed by atoms with van der Waals surface area (Å²) in [6.07, 6.45) is -2.54. The maximum atomic E-state index is 14.8. The molecule has 0 spiro atoms. The van der Waals surface area contributed by atoms with E-state index in [1.165, 1.54) is 60.7 Å². The van der Waals surface area contributed by atoms with Crippen LogP contribution in [0.4, 0.5) is 0 Å². The lowest BCUT2D eigenvalue weighted by Crippen LogP contribution is -2.62. The lowest BCUT2D eigenvalue weighted by Gasteiger charge is -2.28. The summed E-state index contributed by atoms with van der Waals surface area (Å²) in [6.45, 7) is 3.74. The Labute approximate surface area is 767 Å². The molecule has 0 fully saturated rings. The number of hydrogen-bond acceptors (Lipinski definition) is 28. The maximum absolute atomic E-state index is 14.8. The van der Waals surface area contributed by atoms with E-state index in [1.807, 2.05) is 0 Å². The van der Waals surface area contributed by atoms with Crippen molar-refractivity contribution in [2.24, 2.45) is 34.8 Å². The summed E-state index contributed by atoms with van der Waals surface area (Å²) in [6, 6.07) is -13.2. The molecule has 0 radical (unpaired) electrons. The lowest BCUT2D eigenvalue weighted by atomic mass is 9.99. The molecule has 52 heteroatoms. The second kappa shape index (κ2) is 58.9. The van der Waals surface area contributed by atoms with Gasteiger partial charge in [-0.3, -0.25) is 97.1 Å². The van der Waals surface area contributed by atoms with Crippen molar-refractivity contribution in [2.75, 3.05) is 44.1 Å². The highest BCUT2D eigenvalue weighted by molar-refractivity contribution is 7.98. The minimum absolute atomic E-state index is 0.0183. The number of rotatable bonds is 63. The highest BCUT2D eigenvalue weighted by Crippen LogP contribution is 2.17. The number of phenolic OH excluding ortho intramolecular Hbond substituents is 1. The van der Waals surface area contributed by atoms with Crippen molar-refractivity contribution in [2.45, 2.75) is 221 Å². The molecule has 34 N–H and O–H groups in total. The normalized spacial score (nSPS) is 14.7. The summed E-state index contributed by atoms with van der Waals surface area (Å²) in [5, 5.41) is 124. The number of nitrogens with two attached hydrogens (primary N) is 4. The Morgan fingerprint density at radius 1 is 0.447 bits per heavy atom. The number of aromatic hydroxyl groups is 1. The summed E-state index contributed by atoms with van der Waals surface area (Å²) in [4.78, 5) is 267. The van der Waals surface area contributed by atoms with Gasteiger partial charge in [0.25, 0.3) is 0 Å². The van der Waals surface area contributed by atoms with Crippen LogP contribution in [-0.4, -0.2) is 305 Å². The SMILES string of the molecule is CC[C@H](C)[C@H](NC(=O)[C@H](CS)NC(=O)[C@H](CCCNC(=N)N)NC(=O)[C@H](CC(N)=O)NC(=O)[C@H](CCC(=O)O)NC(=O)[C@H](CC(C)C)NC(=O)[C@H](CC(=O)O)NC(=O)[C@H](CO)NC(=O)[C@H](Cc1ccccc1)NC(=O)[C@H](CCSC)NC(=O)[C@H](Cc1ccc(O)cc1)NC(=O)[C@H](CO)NC(=O)[C@H](CCCNC(=N)N)NC(=O)[C@H](CCC(=O)O)NC(=O)[C@@H](N)Cc1cnc[nH]1)C(=O)O. The molecule has 1 aromatic heterocycles. The number of carboxylic acid groups (broad SMARTS) is 4. The molecule has 0 aliphatic carbocycles. The molecule has 730 valence electrons. The first-order valence-electron chi connectivity index (χ1n) is 41.8. The van der Waals surface area contributed by atoms with Gasteiger partial charge in [-0.05, 0) is 98.5 Å². The number of aliphatic hydroxyl groups is 2. The first kappa shape index (κ1) is 113. The molecule has 0 saturated heterocycles. The number of H-pyrrole nitrogens is 1. The number of carbonyl (C=O) groups excluding carboxylic acids is 15. The molecule has 15 amide bonds. The van der Waals surface area contributed by atoms with Gasteiger partial charge in [0.2, 0.25) is 88.6 Å². The fourth-order valence-electron chi connectivity index (χ4n) is 12.6. The Morgan fingerprint density at radius 3 is 1.20 bits per heavy atom. The molecule has 3 aromatic rings. The number of phenols is 1. The van der Waals surface area contributed by atoms with Crippen molar-refractivity contribution in [3.8, 4) is 5.75 Å². The highest BCUT2D eigenvalue weighted by Gasteiger charge is 2.40. The monoisotopic (exact) mass is 1900 g/mol. The maximum Gasteiger partial charge on any atom is 0.326 e. The van der Waals surface area contributed by atoms with Crippen LogP contribution < -0.4 is 108 Å². The quantitative estimate of drug-likeness (QED) is 0.0108. The predicted octanol–water partition coefficient (Wildman–Crippen LogP) is -8.29. The Bertz CT molecular complexity index is 4430. The Kier molecular flexibility index (Phi) is 50.3. The zero-order valence-electron chi connectivity index (χ0n) is 73.2. The minimum Gasteiger partial charge on any atom is -0.508 e. The van der Waals surface area contributed by atoms with Crippen LogP contribution in [0.25, 0.3) is 0 Å². The van der Waals surface area contributed by atoms with E-state index in [9.17, 15) is 127 Å². The van der Waals surface area contributed by atoms with E-state index in [0.29, 0.717) is 17.7 Å². The third kappa shape index (κ3) is 42.4. The van der Waals surface area contributed by atoms with Gasteiger partial charge < -0.3 is 149 Å². The number of nitrogens with one attached hydrogen (secondary N) is 19. The summed E-state index contributed by atoms with van der Waals surface area (Å²) in [7, 11) is 0. The Hall–Kier alpha value is -13.5. The van der Waals surface area contributed by atoms with Crippen molar-refractivity contribution >= 4 is 149 Å². The van der Waals surface area contributed by atoms with E-state index >= 15 is 0 Å². The average molecular weight is 1900 g/mol. The molecule has 50 nitrogen and oxygen atoms in total. The molecule has 16 atom stereocenters. The zero-order chi connectivity index (χ0) is 99.0. The fraction of sp³-hybridized carbons (Fsp3) is 0.550. The molecule has 0 bridgehead atoms. The highest BCUT2D eigenvalue weighted by atomic mass is 32.2. The van der Waals surface area contributed by atoms with Crippen molar-refractivity contribution < 1.29 is 127 Å². The minimum atomic E-state index is -2.19. The van der Waals surface area contributed by atoms with Crippen LogP contribution in [-0.2, 0) is 110 Å². The predicted molar refractivity (Wildman–Crippen MR) is 475 cm³/mol. The van der Waals surface area contributed by atoms with Crippen molar-refractivity contribution in [3.63, 3.8) is 0 Å². The number of amides is 15. The first-order valence-corrected chi connectivity index (χ1v) is 43.8. The number of thioether (sulfide) groups is 1. The van der Waals surface area contributed by atoms with Gasteiger partial charge in [-0.25, -0.2) is 9.78 Å². The number of primary amides is 1. The van der Waals surface area contributed by atoms with Gasteiger partial charge in [0, 0.05) is 62.8 Å². The number of aliphatic hydroxyl groups excluding tert-OH is 2. The van der Waals surface area contributed by atoms with Gasteiger partial charge in [0.1, 0.15) is 90.3 Å². The Balaban J connectivity index is 1.99. The number of guanidine groups is 2. The van der Waals surface area contributed by atoms with E-state index in [2.05, 4.69) is 108 Å². The van der Waals surface area contributed by atoms with E-state index in [0.717, 1.165) is 0 Å². The first-order chi connectivity index (χ1) is 62.3. The summed E-state index contributed by atoms with van der Waals surface area (Å²) in [5.41, 5.74) is 23.5. The lowest BCUT2D eigenvalue weighted by molar-refractivity contribution is -0.144. The number of aromatic amines is 1. The van der Waals surface area contributed by atoms with E-state index in [1.54, 1.807) is 52.1 Å². The third-order valence-electron chi connectivity index (χ3n) is 19.9. The molecule has 132 heavy (non-hydrogen) atoms. The van der Waals surface area contributed by atoms with E-state index in [4.69, 9.17) is 33.8 Å². The molecule has 2 aromatic carbocycles. The van der Waals surface area contributed by atoms with Crippen LogP contribution in [0.5, 0.6) is 5.75 Å². The number of carboxylic acids is 4. The third-order valence-corrected chi connectivity index (χ3v) is 20.9. The molecular formula is C80H122N24O26S2. The van der Waals surface area contributed by atoms with Gasteiger partial charge in [-0.2, -0.15) is 24.4 Å². The summed E-state index contributed by atoms with van der Waals surface area (Å²) < 4.78 is 0. The molecular weight excluding hydrogens is 1780 g/mol. The van der Waals surface area contributed by atoms with Crippen LogP contribution in [0, 0.1) is 22.7 Å². The topological polar surface area (TPSA) is 839 Å². The zero-order valence-corrected chi connectivity index (χ0v) is 74.9. The molecule has 1 heterocycles. The van der Waals surface area contributed by atoms with Crippen LogP contribution in [0.3, 0.4) is 0 Å². The number of benzene rings is 2.